The number of para-hydroxylation sites is 1. The van der Waals surface area contributed by atoms with Gasteiger partial charge in [0.2, 0.25) is 0 Å². The quantitative estimate of drug-likeness (QED) is 0.765. The van der Waals surface area contributed by atoms with E-state index in [2.05, 4.69) is 61.0 Å². The third-order valence-corrected chi connectivity index (χ3v) is 5.72. The Morgan fingerprint density at radius 1 is 1.07 bits per heavy atom. The Kier molecular flexibility index (Phi) is 7.03. The third-order valence-electron chi connectivity index (χ3n) is 5.72. The summed E-state index contributed by atoms with van der Waals surface area (Å²) in [4.78, 5) is 17.4. The lowest BCUT2D eigenvalue weighted by Gasteiger charge is -2.35. The van der Waals surface area contributed by atoms with E-state index >= 15 is 0 Å². The largest absolute Gasteiger partial charge is 0.483 e. The molecule has 30 heavy (non-hydrogen) atoms. The Labute approximate surface area is 181 Å². The minimum Gasteiger partial charge on any atom is -0.483 e. The van der Waals surface area contributed by atoms with Crippen molar-refractivity contribution in [2.45, 2.75) is 40.0 Å². The van der Waals surface area contributed by atoms with Crippen molar-refractivity contribution in [3.05, 3.63) is 53.6 Å². The predicted molar refractivity (Wildman–Crippen MR) is 125 cm³/mol. The zero-order valence-corrected chi connectivity index (χ0v) is 19.0. The van der Waals surface area contributed by atoms with E-state index in [-0.39, 0.29) is 17.9 Å². The average molecular weight is 410 g/mol. The van der Waals surface area contributed by atoms with Gasteiger partial charge in [-0.05, 0) is 54.3 Å². The second kappa shape index (κ2) is 9.52. The SMILES string of the molecule is CCN1CCN(c2ccc(NC(=O)COc3ccccc3C(C)(C)C)c(C)c2)CC1. The summed E-state index contributed by atoms with van der Waals surface area (Å²) in [7, 11) is 0. The Bertz CT molecular complexity index is 865. The Hall–Kier alpha value is -2.53. The molecule has 162 valence electrons. The molecule has 0 radical (unpaired) electrons. The minimum absolute atomic E-state index is 0.00668. The van der Waals surface area contributed by atoms with Crippen LogP contribution in [0.15, 0.2) is 42.5 Å². The van der Waals surface area contributed by atoms with E-state index in [0.717, 1.165) is 55.3 Å². The normalized spacial score (nSPS) is 15.2. The Morgan fingerprint density at radius 3 is 2.40 bits per heavy atom. The van der Waals surface area contributed by atoms with E-state index in [4.69, 9.17) is 4.74 Å². The summed E-state index contributed by atoms with van der Waals surface area (Å²) in [6.07, 6.45) is 0. The van der Waals surface area contributed by atoms with Gasteiger partial charge in [-0.1, -0.05) is 45.9 Å². The van der Waals surface area contributed by atoms with Gasteiger partial charge < -0.3 is 19.9 Å². The van der Waals surface area contributed by atoms with E-state index in [9.17, 15) is 4.79 Å². The number of hydrogen-bond acceptors (Lipinski definition) is 4. The van der Waals surface area contributed by atoms with Crippen molar-refractivity contribution in [3.63, 3.8) is 0 Å². The zero-order valence-electron chi connectivity index (χ0n) is 19.0. The van der Waals surface area contributed by atoms with Gasteiger partial charge in [-0.15, -0.1) is 0 Å². The van der Waals surface area contributed by atoms with Crippen molar-refractivity contribution < 1.29 is 9.53 Å². The predicted octanol–water partition coefficient (Wildman–Crippen LogP) is 4.45. The maximum atomic E-state index is 12.5. The van der Waals surface area contributed by atoms with Gasteiger partial charge in [0.25, 0.3) is 5.91 Å². The zero-order chi connectivity index (χ0) is 21.7. The lowest BCUT2D eigenvalue weighted by molar-refractivity contribution is -0.118. The number of carbonyl (C=O) groups is 1. The Balaban J connectivity index is 1.59. The molecule has 0 unspecified atom stereocenters. The molecule has 1 aliphatic rings. The second-order valence-electron chi connectivity index (χ2n) is 9.00. The number of amides is 1. The van der Waals surface area contributed by atoms with Crippen molar-refractivity contribution in [2.75, 3.05) is 49.5 Å². The molecule has 3 rings (SSSR count). The van der Waals surface area contributed by atoms with Crippen LogP contribution in [-0.2, 0) is 10.2 Å². The van der Waals surface area contributed by atoms with Crippen LogP contribution < -0.4 is 15.0 Å². The first-order chi connectivity index (χ1) is 14.3. The standard InChI is InChI=1S/C25H35N3O2/c1-6-27-13-15-28(16-14-27)20-11-12-22(19(2)17-20)26-24(29)18-30-23-10-8-7-9-21(23)25(3,4)5/h7-12,17H,6,13-16,18H2,1-5H3,(H,26,29). The Morgan fingerprint density at radius 2 is 1.77 bits per heavy atom. The molecule has 2 aromatic carbocycles. The molecule has 1 aliphatic heterocycles. The number of piperazine rings is 1. The maximum Gasteiger partial charge on any atom is 0.262 e. The number of aryl methyl sites for hydroxylation is 1. The van der Waals surface area contributed by atoms with Crippen LogP contribution in [-0.4, -0.2) is 50.1 Å². The van der Waals surface area contributed by atoms with Gasteiger partial charge in [0.15, 0.2) is 6.61 Å². The summed E-state index contributed by atoms with van der Waals surface area (Å²) in [6, 6.07) is 14.2. The number of hydrogen-bond donors (Lipinski definition) is 1. The molecule has 5 heteroatoms. The highest BCUT2D eigenvalue weighted by Crippen LogP contribution is 2.31. The van der Waals surface area contributed by atoms with Crippen molar-refractivity contribution in [1.29, 1.82) is 0 Å². The van der Waals surface area contributed by atoms with Gasteiger partial charge in [-0.25, -0.2) is 0 Å². The molecular formula is C25H35N3O2. The molecule has 5 nitrogen and oxygen atoms in total. The number of carbonyl (C=O) groups excluding carboxylic acids is 1. The molecule has 0 bridgehead atoms. The van der Waals surface area contributed by atoms with Gasteiger partial charge in [-0.3, -0.25) is 4.79 Å². The van der Waals surface area contributed by atoms with E-state index in [1.165, 1.54) is 5.69 Å². The number of rotatable bonds is 6. The summed E-state index contributed by atoms with van der Waals surface area (Å²) in [6.45, 7) is 16.1. The monoisotopic (exact) mass is 409 g/mol. The molecule has 0 atom stereocenters. The molecule has 0 aromatic heterocycles. The summed E-state index contributed by atoms with van der Waals surface area (Å²) < 4.78 is 5.85. The van der Waals surface area contributed by atoms with Crippen LogP contribution in [0.25, 0.3) is 0 Å². The molecule has 0 spiro atoms. The summed E-state index contributed by atoms with van der Waals surface area (Å²) >= 11 is 0. The highest BCUT2D eigenvalue weighted by Gasteiger charge is 2.19. The van der Waals surface area contributed by atoms with Gasteiger partial charge >= 0.3 is 0 Å². The van der Waals surface area contributed by atoms with Crippen LogP contribution in [0, 0.1) is 6.92 Å². The van der Waals surface area contributed by atoms with E-state index < -0.39 is 0 Å². The van der Waals surface area contributed by atoms with Crippen molar-refractivity contribution >= 4 is 17.3 Å². The van der Waals surface area contributed by atoms with E-state index in [1.807, 2.05) is 31.2 Å². The average Bonchev–Trinajstić information content (AvgIpc) is 2.73. The topological polar surface area (TPSA) is 44.8 Å². The van der Waals surface area contributed by atoms with Crippen molar-refractivity contribution in [2.24, 2.45) is 0 Å². The number of nitrogens with one attached hydrogen (secondary N) is 1. The smallest absolute Gasteiger partial charge is 0.262 e. The summed E-state index contributed by atoms with van der Waals surface area (Å²) in [5.74, 6) is 0.615. The number of anilines is 2. The summed E-state index contributed by atoms with van der Waals surface area (Å²) in [5, 5.41) is 2.99. The highest BCUT2D eigenvalue weighted by molar-refractivity contribution is 5.92. The first-order valence-electron chi connectivity index (χ1n) is 10.9. The number of ether oxygens (including phenoxy) is 1. The van der Waals surface area contributed by atoms with Gasteiger partial charge in [0.1, 0.15) is 5.75 Å². The molecule has 2 aromatic rings. The van der Waals surface area contributed by atoms with Crippen LogP contribution >= 0.6 is 0 Å². The van der Waals surface area contributed by atoms with Crippen LogP contribution in [0.3, 0.4) is 0 Å². The van der Waals surface area contributed by atoms with Gasteiger partial charge in [0, 0.05) is 37.6 Å². The molecule has 0 saturated carbocycles. The first kappa shape index (κ1) is 22.2. The minimum atomic E-state index is -0.147. The number of likely N-dealkylation sites (N-methyl/N-ethyl adjacent to an activating group) is 1. The molecule has 1 amide bonds. The van der Waals surface area contributed by atoms with Gasteiger partial charge in [-0.2, -0.15) is 0 Å². The van der Waals surface area contributed by atoms with Crippen molar-refractivity contribution in [3.8, 4) is 5.75 Å². The van der Waals surface area contributed by atoms with Gasteiger partial charge in [0.05, 0.1) is 0 Å². The van der Waals surface area contributed by atoms with E-state index in [0.29, 0.717) is 0 Å². The van der Waals surface area contributed by atoms with Crippen LogP contribution in [0.1, 0.15) is 38.8 Å². The lowest BCUT2D eigenvalue weighted by Crippen LogP contribution is -2.46. The van der Waals surface area contributed by atoms with Crippen LogP contribution in [0.5, 0.6) is 5.75 Å². The maximum absolute atomic E-state index is 12.5. The van der Waals surface area contributed by atoms with Crippen molar-refractivity contribution in [1.82, 2.24) is 4.90 Å². The first-order valence-corrected chi connectivity index (χ1v) is 10.9. The fourth-order valence-electron chi connectivity index (χ4n) is 3.85. The number of benzene rings is 2. The van der Waals surface area contributed by atoms with Crippen LogP contribution in [0.4, 0.5) is 11.4 Å². The molecule has 1 saturated heterocycles. The molecule has 1 fully saturated rings. The van der Waals surface area contributed by atoms with Crippen LogP contribution in [0.2, 0.25) is 0 Å². The molecule has 1 N–H and O–H groups in total. The fourth-order valence-corrected chi connectivity index (χ4v) is 3.85. The third kappa shape index (κ3) is 5.54. The fraction of sp³-hybridized carbons (Fsp3) is 0.480. The summed E-state index contributed by atoms with van der Waals surface area (Å²) in [5.41, 5.74) is 4.18. The highest BCUT2D eigenvalue weighted by atomic mass is 16.5. The molecule has 1 heterocycles. The van der Waals surface area contributed by atoms with E-state index in [1.54, 1.807) is 0 Å². The lowest BCUT2D eigenvalue weighted by atomic mass is 9.86. The molecular weight excluding hydrogens is 374 g/mol. The second-order valence-corrected chi connectivity index (χ2v) is 9.00. The molecule has 0 aliphatic carbocycles. The number of nitrogens with zero attached hydrogens (tertiary/aromatic N) is 2.